The van der Waals surface area contributed by atoms with Crippen LogP contribution in [-0.2, 0) is 6.54 Å². The molecule has 1 atom stereocenters. The van der Waals surface area contributed by atoms with Crippen LogP contribution >= 0.6 is 0 Å². The van der Waals surface area contributed by atoms with Gasteiger partial charge in [0.1, 0.15) is 11.5 Å². The molecule has 0 saturated carbocycles. The van der Waals surface area contributed by atoms with E-state index in [-0.39, 0.29) is 0 Å². The van der Waals surface area contributed by atoms with Crippen LogP contribution in [0.5, 0.6) is 0 Å². The van der Waals surface area contributed by atoms with Crippen LogP contribution in [0.2, 0.25) is 0 Å². The first-order valence-corrected chi connectivity index (χ1v) is 5.72. The Hall–Kier alpha value is -0.800. The summed E-state index contributed by atoms with van der Waals surface area (Å²) >= 11 is 0. The Balaban J connectivity index is 2.11. The third kappa shape index (κ3) is 4.49. The molecule has 0 aliphatic carbocycles. The van der Waals surface area contributed by atoms with Crippen LogP contribution in [0.1, 0.15) is 31.3 Å². The van der Waals surface area contributed by atoms with Crippen molar-refractivity contribution in [2.75, 3.05) is 13.1 Å². The smallest absolute Gasteiger partial charge is 0.117 e. The maximum Gasteiger partial charge on any atom is 0.117 e. The highest BCUT2D eigenvalue weighted by Gasteiger charge is 2.03. The monoisotopic (exact) mass is 210 g/mol. The highest BCUT2D eigenvalue weighted by atomic mass is 16.3. The summed E-state index contributed by atoms with van der Waals surface area (Å²) in [6.07, 6.45) is 2.31. The number of nitrogens with one attached hydrogen (secondary N) is 1. The van der Waals surface area contributed by atoms with Crippen molar-refractivity contribution in [2.45, 2.75) is 33.2 Å². The molecular formula is C12H22N2O. The van der Waals surface area contributed by atoms with Crippen molar-refractivity contribution < 1.29 is 4.42 Å². The van der Waals surface area contributed by atoms with Crippen molar-refractivity contribution in [3.05, 3.63) is 23.7 Å². The zero-order valence-corrected chi connectivity index (χ0v) is 9.75. The fourth-order valence-electron chi connectivity index (χ4n) is 1.59. The van der Waals surface area contributed by atoms with Crippen LogP contribution in [0.3, 0.4) is 0 Å². The van der Waals surface area contributed by atoms with Crippen molar-refractivity contribution in [3.8, 4) is 0 Å². The average Bonchev–Trinajstić information content (AvgIpc) is 2.65. The largest absolute Gasteiger partial charge is 0.465 e. The van der Waals surface area contributed by atoms with Gasteiger partial charge in [0.15, 0.2) is 0 Å². The highest BCUT2D eigenvalue weighted by Crippen LogP contribution is 2.07. The maximum atomic E-state index is 5.63. The fourth-order valence-corrected chi connectivity index (χ4v) is 1.59. The minimum atomic E-state index is 0.649. The van der Waals surface area contributed by atoms with Crippen LogP contribution in [0.15, 0.2) is 16.5 Å². The minimum absolute atomic E-state index is 0.649. The number of hydrogen-bond acceptors (Lipinski definition) is 3. The van der Waals surface area contributed by atoms with E-state index >= 15 is 0 Å². The molecule has 0 radical (unpaired) electrons. The molecule has 3 N–H and O–H groups in total. The van der Waals surface area contributed by atoms with Gasteiger partial charge in [0.05, 0.1) is 6.54 Å². The van der Waals surface area contributed by atoms with Gasteiger partial charge in [-0.3, -0.25) is 0 Å². The normalized spacial score (nSPS) is 13.0. The van der Waals surface area contributed by atoms with E-state index in [4.69, 9.17) is 10.2 Å². The first-order chi connectivity index (χ1) is 7.26. The summed E-state index contributed by atoms with van der Waals surface area (Å²) in [4.78, 5) is 0. The zero-order chi connectivity index (χ0) is 11.1. The Morgan fingerprint density at radius 1 is 1.47 bits per heavy atom. The Morgan fingerprint density at radius 2 is 2.27 bits per heavy atom. The molecule has 1 aromatic rings. The van der Waals surface area contributed by atoms with E-state index in [2.05, 4.69) is 12.2 Å². The minimum Gasteiger partial charge on any atom is -0.465 e. The summed E-state index contributed by atoms with van der Waals surface area (Å²) in [7, 11) is 0. The van der Waals surface area contributed by atoms with Crippen molar-refractivity contribution in [2.24, 2.45) is 11.7 Å². The van der Waals surface area contributed by atoms with Gasteiger partial charge >= 0.3 is 0 Å². The highest BCUT2D eigenvalue weighted by molar-refractivity contribution is 5.04. The van der Waals surface area contributed by atoms with Crippen LogP contribution in [0.4, 0.5) is 0 Å². The Morgan fingerprint density at radius 3 is 2.80 bits per heavy atom. The molecule has 0 saturated heterocycles. The van der Waals surface area contributed by atoms with E-state index in [1.54, 1.807) is 0 Å². The third-order valence-corrected chi connectivity index (χ3v) is 2.74. The van der Waals surface area contributed by atoms with Gasteiger partial charge in [-0.15, -0.1) is 0 Å². The first-order valence-electron chi connectivity index (χ1n) is 5.72. The van der Waals surface area contributed by atoms with E-state index in [1.807, 2.05) is 19.1 Å². The van der Waals surface area contributed by atoms with Gasteiger partial charge in [-0.25, -0.2) is 0 Å². The number of aryl methyl sites for hydroxylation is 1. The van der Waals surface area contributed by atoms with Gasteiger partial charge in [0.2, 0.25) is 0 Å². The number of rotatable bonds is 7. The van der Waals surface area contributed by atoms with Gasteiger partial charge in [-0.2, -0.15) is 0 Å². The predicted octanol–water partition coefficient (Wildman–Crippen LogP) is 2.05. The van der Waals surface area contributed by atoms with E-state index in [1.165, 1.54) is 0 Å². The molecule has 86 valence electrons. The van der Waals surface area contributed by atoms with Crippen molar-refractivity contribution >= 4 is 0 Å². The number of furan rings is 1. The van der Waals surface area contributed by atoms with Crippen molar-refractivity contribution in [1.82, 2.24) is 5.32 Å². The van der Waals surface area contributed by atoms with E-state index in [0.29, 0.717) is 5.92 Å². The molecule has 0 fully saturated rings. The molecule has 0 spiro atoms. The lowest BCUT2D eigenvalue weighted by atomic mass is 10.0. The molecule has 0 aliphatic rings. The van der Waals surface area contributed by atoms with Crippen LogP contribution < -0.4 is 11.1 Å². The summed E-state index contributed by atoms with van der Waals surface area (Å²) in [6.45, 7) is 6.76. The third-order valence-electron chi connectivity index (χ3n) is 2.74. The Bertz CT molecular complexity index is 266. The lowest BCUT2D eigenvalue weighted by Gasteiger charge is -2.11. The summed E-state index contributed by atoms with van der Waals surface area (Å²) in [6, 6.07) is 4.01. The Labute approximate surface area is 92.0 Å². The van der Waals surface area contributed by atoms with E-state index < -0.39 is 0 Å². The second-order valence-electron chi connectivity index (χ2n) is 3.99. The van der Waals surface area contributed by atoms with Gasteiger partial charge in [0, 0.05) is 0 Å². The van der Waals surface area contributed by atoms with Gasteiger partial charge in [-0.05, 0) is 44.5 Å². The molecule has 0 bridgehead atoms. The second-order valence-corrected chi connectivity index (χ2v) is 3.99. The molecule has 0 amide bonds. The zero-order valence-electron chi connectivity index (χ0n) is 9.75. The molecule has 0 aliphatic heterocycles. The van der Waals surface area contributed by atoms with Gasteiger partial charge < -0.3 is 15.5 Å². The molecule has 1 unspecified atom stereocenters. The average molecular weight is 210 g/mol. The lowest BCUT2D eigenvalue weighted by Crippen LogP contribution is -2.21. The molecular weight excluding hydrogens is 188 g/mol. The molecule has 15 heavy (non-hydrogen) atoms. The van der Waals surface area contributed by atoms with Crippen LogP contribution in [-0.4, -0.2) is 13.1 Å². The number of hydrogen-bond donors (Lipinski definition) is 2. The number of nitrogens with two attached hydrogens (primary N) is 1. The molecule has 0 aromatic carbocycles. The summed E-state index contributed by atoms with van der Waals surface area (Å²) in [5.74, 6) is 2.63. The SMILES string of the molecule is CCC(CN)CCNCc1ccc(C)o1. The summed E-state index contributed by atoms with van der Waals surface area (Å²) in [5, 5.41) is 3.36. The van der Waals surface area contributed by atoms with Crippen LogP contribution in [0.25, 0.3) is 0 Å². The maximum absolute atomic E-state index is 5.63. The molecule has 1 aromatic heterocycles. The quantitative estimate of drug-likeness (QED) is 0.677. The van der Waals surface area contributed by atoms with E-state index in [0.717, 1.165) is 44.0 Å². The fraction of sp³-hybridized carbons (Fsp3) is 0.667. The lowest BCUT2D eigenvalue weighted by molar-refractivity contribution is 0.431. The predicted molar refractivity (Wildman–Crippen MR) is 62.6 cm³/mol. The van der Waals surface area contributed by atoms with E-state index in [9.17, 15) is 0 Å². The summed E-state index contributed by atoms with van der Waals surface area (Å²) < 4.78 is 5.46. The van der Waals surface area contributed by atoms with Gasteiger partial charge in [-0.1, -0.05) is 13.3 Å². The summed E-state index contributed by atoms with van der Waals surface area (Å²) in [5.41, 5.74) is 5.63. The molecule has 3 nitrogen and oxygen atoms in total. The first kappa shape index (κ1) is 12.3. The van der Waals surface area contributed by atoms with Gasteiger partial charge in [0.25, 0.3) is 0 Å². The Kier molecular flexibility index (Phi) is 5.43. The molecule has 3 heteroatoms. The van der Waals surface area contributed by atoms with Crippen molar-refractivity contribution in [3.63, 3.8) is 0 Å². The molecule has 1 rings (SSSR count). The molecule has 1 heterocycles. The standard InChI is InChI=1S/C12H22N2O/c1-3-11(8-13)6-7-14-9-12-5-4-10(2)15-12/h4-5,11,14H,3,6-9,13H2,1-2H3. The second kappa shape index (κ2) is 6.64. The van der Waals surface area contributed by atoms with Crippen LogP contribution in [0, 0.1) is 12.8 Å². The topological polar surface area (TPSA) is 51.2 Å². The van der Waals surface area contributed by atoms with Crippen molar-refractivity contribution in [1.29, 1.82) is 0 Å².